The van der Waals surface area contributed by atoms with Crippen LogP contribution in [0.2, 0.25) is 10.0 Å². The average molecular weight is 324 g/mol. The maximum absolute atomic E-state index is 6.38. The van der Waals surface area contributed by atoms with E-state index in [0.717, 1.165) is 12.0 Å². The Hall–Kier alpha value is -0.670. The Labute approximate surface area is 133 Å². The summed E-state index contributed by atoms with van der Waals surface area (Å²) >= 11 is 14.4. The summed E-state index contributed by atoms with van der Waals surface area (Å²) in [5.74, 6) is 0. The molecule has 0 amide bonds. The van der Waals surface area contributed by atoms with E-state index in [0.29, 0.717) is 15.3 Å². The molecule has 0 saturated heterocycles. The van der Waals surface area contributed by atoms with E-state index in [2.05, 4.69) is 35.6 Å². The number of rotatable bonds is 3. The van der Waals surface area contributed by atoms with Gasteiger partial charge < -0.3 is 5.32 Å². The second kappa shape index (κ2) is 5.98. The second-order valence-corrected chi connectivity index (χ2v) is 6.94. The van der Waals surface area contributed by atoms with Crippen LogP contribution in [0.25, 0.3) is 0 Å². The SMILES string of the molecule is CNC(c1cccc(Cl)c1Cl)C1Cc2ccccc2S1. The van der Waals surface area contributed by atoms with E-state index >= 15 is 0 Å². The predicted molar refractivity (Wildman–Crippen MR) is 88.1 cm³/mol. The van der Waals surface area contributed by atoms with E-state index in [9.17, 15) is 0 Å². The molecule has 0 radical (unpaired) electrons. The van der Waals surface area contributed by atoms with E-state index in [-0.39, 0.29) is 6.04 Å². The van der Waals surface area contributed by atoms with Crippen LogP contribution in [0.15, 0.2) is 47.4 Å². The monoisotopic (exact) mass is 323 g/mol. The molecule has 0 saturated carbocycles. The number of hydrogen-bond acceptors (Lipinski definition) is 2. The van der Waals surface area contributed by atoms with E-state index in [4.69, 9.17) is 23.2 Å². The van der Waals surface area contributed by atoms with Crippen molar-refractivity contribution in [1.29, 1.82) is 0 Å². The average Bonchev–Trinajstić information content (AvgIpc) is 2.87. The Kier molecular flexibility index (Phi) is 4.27. The van der Waals surface area contributed by atoms with Crippen molar-refractivity contribution in [3.63, 3.8) is 0 Å². The Balaban J connectivity index is 1.91. The number of fused-ring (bicyclic) bond motifs is 1. The lowest BCUT2D eigenvalue weighted by molar-refractivity contribution is 0.568. The summed E-state index contributed by atoms with van der Waals surface area (Å²) < 4.78 is 0. The zero-order valence-electron chi connectivity index (χ0n) is 11.1. The molecule has 3 rings (SSSR count). The maximum atomic E-state index is 6.38. The molecule has 1 aliphatic heterocycles. The van der Waals surface area contributed by atoms with Crippen molar-refractivity contribution < 1.29 is 0 Å². The topological polar surface area (TPSA) is 12.0 Å². The minimum absolute atomic E-state index is 0.193. The lowest BCUT2D eigenvalue weighted by Gasteiger charge is -2.24. The molecule has 1 N–H and O–H groups in total. The van der Waals surface area contributed by atoms with Crippen molar-refractivity contribution in [2.75, 3.05) is 7.05 Å². The fraction of sp³-hybridized carbons (Fsp3) is 0.250. The molecule has 1 nitrogen and oxygen atoms in total. The largest absolute Gasteiger partial charge is 0.312 e. The van der Waals surface area contributed by atoms with Gasteiger partial charge in [-0.1, -0.05) is 53.5 Å². The van der Waals surface area contributed by atoms with Crippen molar-refractivity contribution in [3.05, 3.63) is 63.6 Å². The van der Waals surface area contributed by atoms with Gasteiger partial charge >= 0.3 is 0 Å². The lowest BCUT2D eigenvalue weighted by atomic mass is 9.99. The van der Waals surface area contributed by atoms with E-state index < -0.39 is 0 Å². The van der Waals surface area contributed by atoms with Crippen molar-refractivity contribution in [3.8, 4) is 0 Å². The highest BCUT2D eigenvalue weighted by atomic mass is 35.5. The summed E-state index contributed by atoms with van der Waals surface area (Å²) in [6.07, 6.45) is 1.05. The molecule has 2 unspecified atom stereocenters. The first-order chi connectivity index (χ1) is 9.70. The van der Waals surface area contributed by atoms with Crippen LogP contribution in [0.5, 0.6) is 0 Å². The molecule has 0 aromatic heterocycles. The fourth-order valence-corrected chi connectivity index (χ4v) is 4.59. The summed E-state index contributed by atoms with van der Waals surface area (Å²) in [6.45, 7) is 0. The maximum Gasteiger partial charge on any atom is 0.0640 e. The molecular formula is C16H15Cl2NS. The molecule has 104 valence electrons. The van der Waals surface area contributed by atoms with Gasteiger partial charge in [0.1, 0.15) is 0 Å². The smallest absolute Gasteiger partial charge is 0.0640 e. The Morgan fingerprint density at radius 1 is 1.15 bits per heavy atom. The third-order valence-corrected chi connectivity index (χ3v) is 5.90. The van der Waals surface area contributed by atoms with Gasteiger partial charge in [0, 0.05) is 16.2 Å². The highest BCUT2D eigenvalue weighted by molar-refractivity contribution is 8.00. The summed E-state index contributed by atoms with van der Waals surface area (Å²) in [6, 6.07) is 14.6. The minimum Gasteiger partial charge on any atom is -0.312 e. The summed E-state index contributed by atoms with van der Waals surface area (Å²) in [5, 5.41) is 5.11. The Morgan fingerprint density at radius 2 is 1.95 bits per heavy atom. The van der Waals surface area contributed by atoms with Crippen LogP contribution in [0.1, 0.15) is 17.2 Å². The normalized spacial score (nSPS) is 18.9. The van der Waals surface area contributed by atoms with Crippen LogP contribution in [0.4, 0.5) is 0 Å². The first-order valence-corrected chi connectivity index (χ1v) is 8.20. The van der Waals surface area contributed by atoms with Crippen LogP contribution in [-0.4, -0.2) is 12.3 Å². The quantitative estimate of drug-likeness (QED) is 0.855. The number of halogens is 2. The van der Waals surface area contributed by atoms with Gasteiger partial charge in [-0.2, -0.15) is 0 Å². The molecule has 1 aliphatic rings. The van der Waals surface area contributed by atoms with Gasteiger partial charge in [0.25, 0.3) is 0 Å². The third kappa shape index (κ3) is 2.58. The zero-order chi connectivity index (χ0) is 14.1. The summed E-state index contributed by atoms with van der Waals surface area (Å²) in [5.41, 5.74) is 2.49. The lowest BCUT2D eigenvalue weighted by Crippen LogP contribution is -2.27. The van der Waals surface area contributed by atoms with Crippen molar-refractivity contribution in [2.24, 2.45) is 0 Å². The van der Waals surface area contributed by atoms with Crippen molar-refractivity contribution >= 4 is 35.0 Å². The van der Waals surface area contributed by atoms with E-state index in [1.807, 2.05) is 30.9 Å². The standard InChI is InChI=1S/C16H15Cl2NS/c1-19-16(11-6-4-7-12(17)15(11)18)14-9-10-5-2-3-8-13(10)20-14/h2-8,14,16,19H,9H2,1H3. The van der Waals surface area contributed by atoms with Crippen LogP contribution in [0, 0.1) is 0 Å². The third-order valence-electron chi connectivity index (χ3n) is 3.67. The van der Waals surface area contributed by atoms with Crippen LogP contribution < -0.4 is 5.32 Å². The van der Waals surface area contributed by atoms with Crippen molar-refractivity contribution in [2.45, 2.75) is 22.6 Å². The van der Waals surface area contributed by atoms with Crippen LogP contribution in [-0.2, 0) is 6.42 Å². The van der Waals surface area contributed by atoms with Gasteiger partial charge in [0.2, 0.25) is 0 Å². The highest BCUT2D eigenvalue weighted by Crippen LogP contribution is 2.44. The molecule has 0 spiro atoms. The first kappa shape index (κ1) is 14.3. The van der Waals surface area contributed by atoms with Crippen LogP contribution in [0.3, 0.4) is 0 Å². The minimum atomic E-state index is 0.193. The van der Waals surface area contributed by atoms with Gasteiger partial charge in [-0.05, 0) is 36.7 Å². The van der Waals surface area contributed by atoms with Gasteiger partial charge in [-0.15, -0.1) is 11.8 Å². The molecular weight excluding hydrogens is 309 g/mol. The molecule has 1 heterocycles. The number of benzene rings is 2. The van der Waals surface area contributed by atoms with E-state index in [1.165, 1.54) is 10.5 Å². The first-order valence-electron chi connectivity index (χ1n) is 6.56. The fourth-order valence-electron chi connectivity index (χ4n) is 2.70. The van der Waals surface area contributed by atoms with E-state index in [1.54, 1.807) is 0 Å². The number of nitrogens with one attached hydrogen (secondary N) is 1. The molecule has 0 bridgehead atoms. The molecule has 2 aromatic rings. The Bertz CT molecular complexity index is 605. The van der Waals surface area contributed by atoms with Gasteiger partial charge in [0.15, 0.2) is 0 Å². The molecule has 2 aromatic carbocycles. The van der Waals surface area contributed by atoms with Gasteiger partial charge in [0.05, 0.1) is 10.0 Å². The number of hydrogen-bond donors (Lipinski definition) is 1. The van der Waals surface area contributed by atoms with Crippen molar-refractivity contribution in [1.82, 2.24) is 5.32 Å². The zero-order valence-corrected chi connectivity index (χ0v) is 13.4. The highest BCUT2D eigenvalue weighted by Gasteiger charge is 2.30. The molecule has 0 aliphatic carbocycles. The molecule has 2 atom stereocenters. The van der Waals surface area contributed by atoms with Gasteiger partial charge in [-0.25, -0.2) is 0 Å². The summed E-state index contributed by atoms with van der Waals surface area (Å²) in [4.78, 5) is 1.37. The van der Waals surface area contributed by atoms with Crippen LogP contribution >= 0.6 is 35.0 Å². The molecule has 0 fully saturated rings. The van der Waals surface area contributed by atoms with Gasteiger partial charge in [-0.3, -0.25) is 0 Å². The predicted octanol–water partition coefficient (Wildman–Crippen LogP) is 4.97. The second-order valence-electron chi connectivity index (χ2n) is 4.88. The molecule has 20 heavy (non-hydrogen) atoms. The summed E-state index contributed by atoms with van der Waals surface area (Å²) in [7, 11) is 1.98. The number of thioether (sulfide) groups is 1. The Morgan fingerprint density at radius 3 is 2.70 bits per heavy atom. The molecule has 4 heteroatoms.